The Bertz CT molecular complexity index is 322. The first-order valence-electron chi connectivity index (χ1n) is 7.19. The smallest absolute Gasteiger partial charge is 0.330 e. The van der Waals surface area contributed by atoms with Gasteiger partial charge in [-0.3, -0.25) is 0 Å². The predicted molar refractivity (Wildman–Crippen MR) is 79.2 cm³/mol. The summed E-state index contributed by atoms with van der Waals surface area (Å²) in [4.78, 5) is 22.3. The van der Waals surface area contributed by atoms with Crippen LogP contribution >= 0.6 is 0 Å². The Labute approximate surface area is 121 Å². The van der Waals surface area contributed by atoms with Gasteiger partial charge in [-0.2, -0.15) is 0 Å². The summed E-state index contributed by atoms with van der Waals surface area (Å²) in [6, 6.07) is 0. The Morgan fingerprint density at radius 2 is 1.60 bits per heavy atom. The molecule has 2 unspecified atom stereocenters. The second-order valence-electron chi connectivity index (χ2n) is 4.79. The Hall–Kier alpha value is -1.58. The summed E-state index contributed by atoms with van der Waals surface area (Å²) in [5, 5.41) is 0. The summed E-state index contributed by atoms with van der Waals surface area (Å²) < 4.78 is 10.4. The number of ether oxygens (including phenoxy) is 2. The van der Waals surface area contributed by atoms with Crippen LogP contribution in [0.5, 0.6) is 0 Å². The molecule has 0 saturated heterocycles. The Kier molecular flexibility index (Phi) is 10.4. The minimum absolute atomic E-state index is 0.142. The van der Waals surface area contributed by atoms with Gasteiger partial charge in [-0.25, -0.2) is 9.59 Å². The summed E-state index contributed by atoms with van der Waals surface area (Å²) in [6.07, 6.45) is 7.38. The lowest BCUT2D eigenvalue weighted by Gasteiger charge is -2.19. The van der Waals surface area contributed by atoms with E-state index in [2.05, 4.69) is 20.1 Å². The van der Waals surface area contributed by atoms with Crippen LogP contribution in [0.25, 0.3) is 0 Å². The van der Waals surface area contributed by atoms with Gasteiger partial charge in [-0.05, 0) is 32.6 Å². The number of rotatable bonds is 11. The highest BCUT2D eigenvalue weighted by Gasteiger charge is 2.15. The number of unbranched alkanes of at least 4 members (excludes halogenated alkanes) is 2. The molecule has 0 aliphatic rings. The molecule has 2 atom stereocenters. The topological polar surface area (TPSA) is 52.6 Å². The zero-order valence-electron chi connectivity index (χ0n) is 12.6. The van der Waals surface area contributed by atoms with Crippen molar-refractivity contribution >= 4 is 11.9 Å². The third-order valence-corrected chi connectivity index (χ3v) is 2.96. The summed E-state index contributed by atoms with van der Waals surface area (Å²) >= 11 is 0. The fraction of sp³-hybridized carbons (Fsp3) is 0.625. The van der Waals surface area contributed by atoms with Crippen LogP contribution in [-0.4, -0.2) is 24.1 Å². The molecule has 114 valence electrons. The highest BCUT2D eigenvalue weighted by atomic mass is 16.5. The van der Waals surface area contributed by atoms with E-state index in [0.717, 1.165) is 31.8 Å². The van der Waals surface area contributed by atoms with Crippen LogP contribution in [0.3, 0.4) is 0 Å². The first-order valence-corrected chi connectivity index (χ1v) is 7.19. The van der Waals surface area contributed by atoms with Gasteiger partial charge in [0.15, 0.2) is 0 Å². The number of carbonyl (C=O) groups excluding carboxylic acids is 2. The van der Waals surface area contributed by atoms with Crippen LogP contribution in [0.1, 0.15) is 52.4 Å². The van der Waals surface area contributed by atoms with E-state index in [1.165, 1.54) is 6.08 Å². The van der Waals surface area contributed by atoms with Crippen LogP contribution in [0, 0.1) is 0 Å². The van der Waals surface area contributed by atoms with Crippen LogP contribution in [0.2, 0.25) is 0 Å². The van der Waals surface area contributed by atoms with Crippen molar-refractivity contribution in [2.75, 3.05) is 0 Å². The maximum Gasteiger partial charge on any atom is 0.330 e. The summed E-state index contributed by atoms with van der Waals surface area (Å²) in [6.45, 7) is 10.7. The maximum atomic E-state index is 11.3. The monoisotopic (exact) mass is 282 g/mol. The zero-order valence-corrected chi connectivity index (χ0v) is 12.6. The normalized spacial score (nSPS) is 13.1. The molecular formula is C16H26O4. The van der Waals surface area contributed by atoms with Gasteiger partial charge >= 0.3 is 11.9 Å². The minimum atomic E-state index is -0.428. The van der Waals surface area contributed by atoms with E-state index in [1.54, 1.807) is 0 Å². The highest BCUT2D eigenvalue weighted by molar-refractivity contribution is 5.81. The molecule has 0 radical (unpaired) electrons. The van der Waals surface area contributed by atoms with Crippen molar-refractivity contribution in [3.8, 4) is 0 Å². The second-order valence-corrected chi connectivity index (χ2v) is 4.79. The van der Waals surface area contributed by atoms with E-state index in [0.29, 0.717) is 12.8 Å². The van der Waals surface area contributed by atoms with Gasteiger partial charge in [-0.15, -0.1) is 0 Å². The van der Waals surface area contributed by atoms with Crippen LogP contribution in [0.15, 0.2) is 25.3 Å². The van der Waals surface area contributed by atoms with Crippen LogP contribution in [0.4, 0.5) is 0 Å². The molecule has 0 fully saturated rings. The lowest BCUT2D eigenvalue weighted by molar-refractivity contribution is -0.147. The van der Waals surface area contributed by atoms with Gasteiger partial charge in [-0.1, -0.05) is 32.9 Å². The molecule has 0 saturated carbocycles. The molecule has 0 aromatic carbocycles. The zero-order chi connectivity index (χ0) is 15.4. The van der Waals surface area contributed by atoms with Gasteiger partial charge < -0.3 is 9.47 Å². The number of esters is 2. The van der Waals surface area contributed by atoms with Gasteiger partial charge in [0, 0.05) is 12.2 Å². The molecule has 20 heavy (non-hydrogen) atoms. The highest BCUT2D eigenvalue weighted by Crippen LogP contribution is 2.15. The van der Waals surface area contributed by atoms with Gasteiger partial charge in [0.25, 0.3) is 0 Å². The van der Waals surface area contributed by atoms with E-state index in [-0.39, 0.29) is 12.2 Å². The van der Waals surface area contributed by atoms with Gasteiger partial charge in [0.2, 0.25) is 0 Å². The van der Waals surface area contributed by atoms with E-state index in [4.69, 9.17) is 9.47 Å². The van der Waals surface area contributed by atoms with Crippen LogP contribution in [-0.2, 0) is 19.1 Å². The van der Waals surface area contributed by atoms with E-state index >= 15 is 0 Å². The van der Waals surface area contributed by atoms with Crippen molar-refractivity contribution in [3.63, 3.8) is 0 Å². The van der Waals surface area contributed by atoms with Crippen molar-refractivity contribution in [3.05, 3.63) is 25.3 Å². The molecule has 4 nitrogen and oxygen atoms in total. The molecule has 0 aromatic heterocycles. The van der Waals surface area contributed by atoms with Crippen molar-refractivity contribution in [1.29, 1.82) is 0 Å². The number of hydrogen-bond acceptors (Lipinski definition) is 4. The molecule has 4 heteroatoms. The van der Waals surface area contributed by atoms with E-state index < -0.39 is 11.9 Å². The number of carbonyl (C=O) groups is 2. The number of hydrogen-bond donors (Lipinski definition) is 0. The third kappa shape index (κ3) is 9.36. The lowest BCUT2D eigenvalue weighted by Crippen LogP contribution is -2.20. The molecule has 0 aromatic rings. The van der Waals surface area contributed by atoms with Crippen LogP contribution < -0.4 is 0 Å². The largest absolute Gasteiger partial charge is 0.460 e. The average molecular weight is 282 g/mol. The molecule has 0 aliphatic heterocycles. The summed E-state index contributed by atoms with van der Waals surface area (Å²) in [7, 11) is 0. The molecular weight excluding hydrogens is 256 g/mol. The third-order valence-electron chi connectivity index (χ3n) is 2.96. The van der Waals surface area contributed by atoms with E-state index in [9.17, 15) is 9.59 Å². The Morgan fingerprint density at radius 1 is 1.00 bits per heavy atom. The fourth-order valence-electron chi connectivity index (χ4n) is 1.82. The quantitative estimate of drug-likeness (QED) is 0.330. The molecule has 0 N–H and O–H groups in total. The Morgan fingerprint density at radius 3 is 2.15 bits per heavy atom. The summed E-state index contributed by atoms with van der Waals surface area (Å²) in [5.74, 6) is -0.828. The Balaban J connectivity index is 4.18. The lowest BCUT2D eigenvalue weighted by atomic mass is 10.0. The maximum absolute atomic E-state index is 11.3. The van der Waals surface area contributed by atoms with E-state index in [1.807, 2.05) is 6.92 Å². The van der Waals surface area contributed by atoms with Gasteiger partial charge in [0.1, 0.15) is 6.10 Å². The molecule has 0 spiro atoms. The molecule has 0 amide bonds. The SMILES string of the molecule is C=CC(=O)OC(C)CCC(CCCCC)OC(=O)C=C. The predicted octanol–water partition coefficient (Wildman–Crippen LogP) is 3.56. The molecule has 0 aliphatic carbocycles. The molecule has 0 heterocycles. The standard InChI is InChI=1S/C16H26O4/c1-5-8-9-10-14(20-16(18)7-3)12-11-13(4)19-15(17)6-2/h6-7,13-14H,2-3,5,8-12H2,1,4H3. The summed E-state index contributed by atoms with van der Waals surface area (Å²) in [5.41, 5.74) is 0. The van der Waals surface area contributed by atoms with Crippen molar-refractivity contribution in [2.24, 2.45) is 0 Å². The van der Waals surface area contributed by atoms with Crippen molar-refractivity contribution in [2.45, 2.75) is 64.6 Å². The molecule has 0 bridgehead atoms. The fourth-order valence-corrected chi connectivity index (χ4v) is 1.82. The van der Waals surface area contributed by atoms with Gasteiger partial charge in [0.05, 0.1) is 6.10 Å². The molecule has 0 rings (SSSR count). The average Bonchev–Trinajstić information content (AvgIpc) is 2.44. The first-order chi connectivity index (χ1) is 9.53. The minimum Gasteiger partial charge on any atom is -0.460 e. The van der Waals surface area contributed by atoms with Crippen molar-refractivity contribution in [1.82, 2.24) is 0 Å². The first kappa shape index (κ1) is 18.4. The van der Waals surface area contributed by atoms with Crippen molar-refractivity contribution < 1.29 is 19.1 Å². The second kappa shape index (κ2) is 11.3.